The van der Waals surface area contributed by atoms with Crippen LogP contribution in [0.4, 0.5) is 0 Å². The largest absolute Gasteiger partial charge is 0.478 e. The van der Waals surface area contributed by atoms with Crippen LogP contribution in [0.2, 0.25) is 0 Å². The number of nitrogens with one attached hydrogen (secondary N) is 1. The molecule has 94 valence electrons. The SMILES string of the molecule is C=CCCCOc1cccc(CNC(C)C)n1. The highest BCUT2D eigenvalue weighted by Crippen LogP contribution is 2.08. The molecule has 17 heavy (non-hydrogen) atoms. The molecule has 1 rings (SSSR count). The quantitative estimate of drug-likeness (QED) is 0.554. The number of allylic oxidation sites excluding steroid dienone is 1. The van der Waals surface area contributed by atoms with Crippen molar-refractivity contribution in [3.8, 4) is 5.88 Å². The van der Waals surface area contributed by atoms with Gasteiger partial charge >= 0.3 is 0 Å². The van der Waals surface area contributed by atoms with Gasteiger partial charge in [-0.15, -0.1) is 6.58 Å². The van der Waals surface area contributed by atoms with Crippen molar-refractivity contribution in [3.63, 3.8) is 0 Å². The van der Waals surface area contributed by atoms with E-state index in [1.165, 1.54) is 0 Å². The average Bonchev–Trinajstić information content (AvgIpc) is 2.33. The molecule has 0 spiro atoms. The van der Waals surface area contributed by atoms with E-state index in [0.29, 0.717) is 18.5 Å². The minimum absolute atomic E-state index is 0.467. The fourth-order valence-corrected chi connectivity index (χ4v) is 1.35. The molecule has 0 aliphatic carbocycles. The Hall–Kier alpha value is -1.35. The lowest BCUT2D eigenvalue weighted by Crippen LogP contribution is -2.22. The lowest BCUT2D eigenvalue weighted by molar-refractivity contribution is 0.299. The van der Waals surface area contributed by atoms with E-state index < -0.39 is 0 Å². The second-order valence-electron chi connectivity index (χ2n) is 4.28. The first kappa shape index (κ1) is 13.7. The van der Waals surface area contributed by atoms with Gasteiger partial charge in [-0.2, -0.15) is 0 Å². The molecule has 0 unspecified atom stereocenters. The summed E-state index contributed by atoms with van der Waals surface area (Å²) in [4.78, 5) is 4.43. The smallest absolute Gasteiger partial charge is 0.213 e. The minimum Gasteiger partial charge on any atom is -0.478 e. The van der Waals surface area contributed by atoms with Gasteiger partial charge in [0, 0.05) is 18.7 Å². The van der Waals surface area contributed by atoms with Gasteiger partial charge in [-0.1, -0.05) is 26.0 Å². The molecule has 0 saturated carbocycles. The summed E-state index contributed by atoms with van der Waals surface area (Å²) in [5.74, 6) is 0.706. The molecule has 0 radical (unpaired) electrons. The van der Waals surface area contributed by atoms with Crippen molar-refractivity contribution < 1.29 is 4.74 Å². The Kier molecular flexibility index (Phi) is 6.33. The third-order valence-electron chi connectivity index (χ3n) is 2.28. The van der Waals surface area contributed by atoms with Crippen molar-refractivity contribution in [2.45, 2.75) is 39.3 Å². The average molecular weight is 234 g/mol. The topological polar surface area (TPSA) is 34.1 Å². The Morgan fingerprint density at radius 2 is 2.29 bits per heavy atom. The molecule has 1 heterocycles. The number of hydrogen-bond acceptors (Lipinski definition) is 3. The normalized spacial score (nSPS) is 10.5. The molecule has 1 N–H and O–H groups in total. The first-order chi connectivity index (χ1) is 8.22. The van der Waals surface area contributed by atoms with Crippen molar-refractivity contribution in [2.75, 3.05) is 6.61 Å². The summed E-state index contributed by atoms with van der Waals surface area (Å²) in [5.41, 5.74) is 1.01. The maximum atomic E-state index is 5.57. The molecular formula is C14H22N2O. The monoisotopic (exact) mass is 234 g/mol. The van der Waals surface area contributed by atoms with E-state index in [2.05, 4.69) is 30.7 Å². The van der Waals surface area contributed by atoms with Crippen LogP contribution in [0.5, 0.6) is 5.88 Å². The highest BCUT2D eigenvalue weighted by Gasteiger charge is 1.99. The molecule has 0 aliphatic rings. The minimum atomic E-state index is 0.467. The lowest BCUT2D eigenvalue weighted by Gasteiger charge is -2.09. The number of pyridine rings is 1. The maximum Gasteiger partial charge on any atom is 0.213 e. The van der Waals surface area contributed by atoms with Crippen LogP contribution in [0.3, 0.4) is 0 Å². The van der Waals surface area contributed by atoms with E-state index in [4.69, 9.17) is 4.74 Å². The van der Waals surface area contributed by atoms with Crippen LogP contribution in [-0.2, 0) is 6.54 Å². The molecule has 0 amide bonds. The number of rotatable bonds is 8. The van der Waals surface area contributed by atoms with E-state index in [0.717, 1.165) is 25.1 Å². The van der Waals surface area contributed by atoms with Crippen LogP contribution >= 0.6 is 0 Å². The fourth-order valence-electron chi connectivity index (χ4n) is 1.35. The first-order valence-corrected chi connectivity index (χ1v) is 6.15. The molecular weight excluding hydrogens is 212 g/mol. The first-order valence-electron chi connectivity index (χ1n) is 6.15. The maximum absolute atomic E-state index is 5.57. The van der Waals surface area contributed by atoms with Crippen LogP contribution in [0.25, 0.3) is 0 Å². The number of unbranched alkanes of at least 4 members (excludes halogenated alkanes) is 1. The number of ether oxygens (including phenoxy) is 1. The summed E-state index contributed by atoms with van der Waals surface area (Å²) < 4.78 is 5.57. The van der Waals surface area contributed by atoms with Crippen molar-refractivity contribution in [3.05, 3.63) is 36.5 Å². The molecule has 0 aliphatic heterocycles. The molecule has 1 aromatic rings. The Labute approximate surface area is 104 Å². The zero-order valence-electron chi connectivity index (χ0n) is 10.8. The number of nitrogens with zero attached hydrogens (tertiary/aromatic N) is 1. The third kappa shape index (κ3) is 6.07. The van der Waals surface area contributed by atoms with E-state index in [-0.39, 0.29) is 0 Å². The van der Waals surface area contributed by atoms with E-state index in [9.17, 15) is 0 Å². The van der Waals surface area contributed by atoms with Gasteiger partial charge < -0.3 is 10.1 Å². The molecule has 3 nitrogen and oxygen atoms in total. The van der Waals surface area contributed by atoms with Crippen molar-refractivity contribution in [1.82, 2.24) is 10.3 Å². The van der Waals surface area contributed by atoms with Crippen LogP contribution in [-0.4, -0.2) is 17.6 Å². The van der Waals surface area contributed by atoms with Gasteiger partial charge in [0.25, 0.3) is 0 Å². The van der Waals surface area contributed by atoms with Crippen molar-refractivity contribution >= 4 is 0 Å². The van der Waals surface area contributed by atoms with Gasteiger partial charge in [0.1, 0.15) is 0 Å². The Balaban J connectivity index is 2.39. The van der Waals surface area contributed by atoms with Crippen molar-refractivity contribution in [1.29, 1.82) is 0 Å². The lowest BCUT2D eigenvalue weighted by atomic mass is 10.3. The molecule has 0 fully saturated rings. The summed E-state index contributed by atoms with van der Waals surface area (Å²) in [7, 11) is 0. The Morgan fingerprint density at radius 1 is 1.47 bits per heavy atom. The molecule has 0 bridgehead atoms. The van der Waals surface area contributed by atoms with Gasteiger partial charge in [-0.25, -0.2) is 4.98 Å². The van der Waals surface area contributed by atoms with Gasteiger partial charge in [0.2, 0.25) is 5.88 Å². The van der Waals surface area contributed by atoms with Crippen LogP contribution in [0.15, 0.2) is 30.9 Å². The van der Waals surface area contributed by atoms with Gasteiger partial charge in [0.05, 0.1) is 12.3 Å². The van der Waals surface area contributed by atoms with Gasteiger partial charge in [0.15, 0.2) is 0 Å². The number of hydrogen-bond donors (Lipinski definition) is 1. The molecule has 0 saturated heterocycles. The molecule has 0 atom stereocenters. The summed E-state index contributed by atoms with van der Waals surface area (Å²) >= 11 is 0. The summed E-state index contributed by atoms with van der Waals surface area (Å²) in [6.45, 7) is 9.40. The standard InChI is InChI=1S/C14H22N2O/c1-4-5-6-10-17-14-9-7-8-13(16-14)11-15-12(2)3/h4,7-9,12,15H,1,5-6,10-11H2,2-3H3. The zero-order chi connectivity index (χ0) is 12.5. The van der Waals surface area contributed by atoms with Gasteiger partial charge in [-0.05, 0) is 18.9 Å². The Morgan fingerprint density at radius 3 is 3.00 bits per heavy atom. The summed E-state index contributed by atoms with van der Waals surface area (Å²) in [6, 6.07) is 6.35. The predicted octanol–water partition coefficient (Wildman–Crippen LogP) is 2.92. The Bertz CT molecular complexity index is 337. The highest BCUT2D eigenvalue weighted by molar-refractivity contribution is 5.15. The highest BCUT2D eigenvalue weighted by atomic mass is 16.5. The van der Waals surface area contributed by atoms with E-state index in [1.807, 2.05) is 24.3 Å². The van der Waals surface area contributed by atoms with E-state index in [1.54, 1.807) is 0 Å². The van der Waals surface area contributed by atoms with Crippen molar-refractivity contribution in [2.24, 2.45) is 0 Å². The zero-order valence-corrected chi connectivity index (χ0v) is 10.8. The van der Waals surface area contributed by atoms with Gasteiger partial charge in [-0.3, -0.25) is 0 Å². The van der Waals surface area contributed by atoms with Crippen LogP contribution in [0.1, 0.15) is 32.4 Å². The van der Waals surface area contributed by atoms with E-state index >= 15 is 0 Å². The van der Waals surface area contributed by atoms with Crippen LogP contribution in [0, 0.1) is 0 Å². The third-order valence-corrected chi connectivity index (χ3v) is 2.28. The second-order valence-corrected chi connectivity index (χ2v) is 4.28. The fraction of sp³-hybridized carbons (Fsp3) is 0.500. The second kappa shape index (κ2) is 7.85. The summed E-state index contributed by atoms with van der Waals surface area (Å²) in [6.07, 6.45) is 3.87. The van der Waals surface area contributed by atoms with Crippen LogP contribution < -0.4 is 10.1 Å². The molecule has 3 heteroatoms. The number of aromatic nitrogens is 1. The molecule has 1 aromatic heterocycles. The predicted molar refractivity (Wildman–Crippen MR) is 71.1 cm³/mol. The summed E-state index contributed by atoms with van der Waals surface area (Å²) in [5, 5.41) is 3.33. The molecule has 0 aromatic carbocycles.